The highest BCUT2D eigenvalue weighted by atomic mass is 16.2. The lowest BCUT2D eigenvalue weighted by atomic mass is 10.1. The van der Waals surface area contributed by atoms with E-state index in [1.807, 2.05) is 64.1 Å². The van der Waals surface area contributed by atoms with Gasteiger partial charge in [0.05, 0.1) is 5.92 Å². The van der Waals surface area contributed by atoms with Crippen molar-refractivity contribution in [2.75, 3.05) is 22.1 Å². The topological polar surface area (TPSA) is 78.5 Å². The van der Waals surface area contributed by atoms with E-state index < -0.39 is 5.92 Å². The molecule has 2 N–H and O–H groups in total. The van der Waals surface area contributed by atoms with Gasteiger partial charge in [0.15, 0.2) is 0 Å². The molecule has 3 aromatic carbocycles. The molecule has 3 amide bonds. The van der Waals surface area contributed by atoms with Crippen LogP contribution >= 0.6 is 0 Å². The molecule has 1 fully saturated rings. The molecule has 34 heavy (non-hydrogen) atoms. The first-order valence-electron chi connectivity index (χ1n) is 11.4. The summed E-state index contributed by atoms with van der Waals surface area (Å²) in [4.78, 5) is 40.1. The number of nitrogens with one attached hydrogen (secondary N) is 2. The lowest BCUT2D eigenvalue weighted by molar-refractivity contribution is -0.122. The molecule has 0 aliphatic carbocycles. The highest BCUT2D eigenvalue weighted by Crippen LogP contribution is 2.30. The monoisotopic (exact) mass is 455 g/mol. The first-order chi connectivity index (χ1) is 16.2. The molecule has 6 nitrogen and oxygen atoms in total. The molecule has 0 spiro atoms. The van der Waals surface area contributed by atoms with E-state index in [1.165, 1.54) is 0 Å². The predicted octanol–water partition coefficient (Wildman–Crippen LogP) is 5.16. The van der Waals surface area contributed by atoms with Crippen molar-refractivity contribution in [1.82, 2.24) is 0 Å². The van der Waals surface area contributed by atoms with Crippen molar-refractivity contribution in [3.8, 4) is 0 Å². The highest BCUT2D eigenvalue weighted by Gasteiger charge is 2.35. The van der Waals surface area contributed by atoms with Gasteiger partial charge in [-0.05, 0) is 74.7 Å². The maximum absolute atomic E-state index is 12.9. The number of hydrogen-bond acceptors (Lipinski definition) is 3. The first kappa shape index (κ1) is 23.2. The van der Waals surface area contributed by atoms with Crippen molar-refractivity contribution < 1.29 is 14.4 Å². The van der Waals surface area contributed by atoms with Crippen molar-refractivity contribution in [3.63, 3.8) is 0 Å². The fourth-order valence-corrected chi connectivity index (χ4v) is 4.27. The third-order valence-corrected chi connectivity index (χ3v) is 6.39. The summed E-state index contributed by atoms with van der Waals surface area (Å²) in [7, 11) is 0. The van der Waals surface area contributed by atoms with E-state index >= 15 is 0 Å². The number of carbonyl (C=O) groups is 3. The van der Waals surface area contributed by atoms with E-state index in [9.17, 15) is 14.4 Å². The zero-order valence-electron chi connectivity index (χ0n) is 19.9. The van der Waals surface area contributed by atoms with Crippen LogP contribution in [0.1, 0.15) is 39.0 Å². The van der Waals surface area contributed by atoms with Crippen LogP contribution in [0, 0.1) is 33.6 Å². The van der Waals surface area contributed by atoms with Gasteiger partial charge in [-0.2, -0.15) is 0 Å². The molecule has 6 heteroatoms. The van der Waals surface area contributed by atoms with Crippen LogP contribution in [0.25, 0.3) is 0 Å². The van der Waals surface area contributed by atoms with Gasteiger partial charge in [-0.15, -0.1) is 0 Å². The molecule has 0 radical (unpaired) electrons. The largest absolute Gasteiger partial charge is 0.326 e. The summed E-state index contributed by atoms with van der Waals surface area (Å²) in [5, 5.41) is 5.81. The van der Waals surface area contributed by atoms with Crippen molar-refractivity contribution in [3.05, 3.63) is 88.5 Å². The standard InChI is InChI=1S/C28H29N3O3/c1-17-11-12-24(19(3)13-17)30-27(33)21-8-6-9-23(14-21)29-28(34)22-15-26(32)31(16-22)25-10-5-7-18(2)20(25)4/h5-14,22H,15-16H2,1-4H3,(H,29,34)(H,30,33)/t22-/m0/s1. The summed E-state index contributed by atoms with van der Waals surface area (Å²) in [5.41, 5.74) is 6.83. The van der Waals surface area contributed by atoms with Crippen molar-refractivity contribution in [1.29, 1.82) is 0 Å². The lowest BCUT2D eigenvalue weighted by Gasteiger charge is -2.20. The fourth-order valence-electron chi connectivity index (χ4n) is 4.27. The SMILES string of the molecule is Cc1ccc(NC(=O)c2cccc(NC(=O)[C@H]3CC(=O)N(c4cccc(C)c4C)C3)c2)c(C)c1. The Labute approximate surface area is 200 Å². The number of rotatable bonds is 5. The lowest BCUT2D eigenvalue weighted by Crippen LogP contribution is -2.28. The zero-order chi connectivity index (χ0) is 24.4. The van der Waals surface area contributed by atoms with Crippen LogP contribution in [0.4, 0.5) is 17.1 Å². The Morgan fingerprint density at radius 3 is 2.41 bits per heavy atom. The maximum atomic E-state index is 12.9. The average Bonchev–Trinajstić information content (AvgIpc) is 3.19. The molecule has 3 aromatic rings. The summed E-state index contributed by atoms with van der Waals surface area (Å²) in [6, 6.07) is 18.5. The number of benzene rings is 3. The molecule has 0 bridgehead atoms. The van der Waals surface area contributed by atoms with Gasteiger partial charge in [-0.3, -0.25) is 14.4 Å². The summed E-state index contributed by atoms with van der Waals surface area (Å²) in [6.07, 6.45) is 0.159. The van der Waals surface area contributed by atoms with E-state index in [4.69, 9.17) is 0 Å². The van der Waals surface area contributed by atoms with Crippen LogP contribution < -0.4 is 15.5 Å². The van der Waals surface area contributed by atoms with Gasteiger partial charge in [0.1, 0.15) is 0 Å². The summed E-state index contributed by atoms with van der Waals surface area (Å²) < 4.78 is 0. The van der Waals surface area contributed by atoms with E-state index in [1.54, 1.807) is 29.2 Å². The number of nitrogens with zero attached hydrogens (tertiary/aromatic N) is 1. The summed E-state index contributed by atoms with van der Waals surface area (Å²) in [5.74, 6) is -0.996. The predicted molar refractivity (Wildman–Crippen MR) is 135 cm³/mol. The van der Waals surface area contributed by atoms with Crippen LogP contribution in [-0.2, 0) is 9.59 Å². The molecule has 0 aromatic heterocycles. The highest BCUT2D eigenvalue weighted by molar-refractivity contribution is 6.07. The zero-order valence-corrected chi connectivity index (χ0v) is 19.9. The second-order valence-electron chi connectivity index (χ2n) is 8.97. The van der Waals surface area contributed by atoms with Crippen LogP contribution in [-0.4, -0.2) is 24.3 Å². The second-order valence-corrected chi connectivity index (χ2v) is 8.97. The number of anilines is 3. The minimum atomic E-state index is -0.458. The molecule has 1 aliphatic heterocycles. The third-order valence-electron chi connectivity index (χ3n) is 6.39. The Morgan fingerprint density at radius 2 is 1.65 bits per heavy atom. The molecule has 0 unspecified atom stereocenters. The smallest absolute Gasteiger partial charge is 0.255 e. The minimum absolute atomic E-state index is 0.0598. The molecular formula is C28H29N3O3. The van der Waals surface area contributed by atoms with E-state index in [0.29, 0.717) is 17.8 Å². The van der Waals surface area contributed by atoms with Crippen LogP contribution in [0.15, 0.2) is 60.7 Å². The molecule has 1 aliphatic rings. The Balaban J connectivity index is 1.44. The minimum Gasteiger partial charge on any atom is -0.326 e. The summed E-state index contributed by atoms with van der Waals surface area (Å²) in [6.45, 7) is 8.28. The van der Waals surface area contributed by atoms with Gasteiger partial charge in [-0.25, -0.2) is 0 Å². The van der Waals surface area contributed by atoms with E-state index in [0.717, 1.165) is 33.6 Å². The van der Waals surface area contributed by atoms with Gasteiger partial charge in [-0.1, -0.05) is 35.9 Å². The van der Waals surface area contributed by atoms with Crippen molar-refractivity contribution in [2.45, 2.75) is 34.1 Å². The van der Waals surface area contributed by atoms with Crippen molar-refractivity contribution in [2.24, 2.45) is 5.92 Å². The molecule has 4 rings (SSSR count). The normalized spacial score (nSPS) is 15.4. The van der Waals surface area contributed by atoms with Gasteiger partial charge >= 0.3 is 0 Å². The molecular weight excluding hydrogens is 426 g/mol. The molecule has 1 saturated heterocycles. The molecule has 174 valence electrons. The Morgan fingerprint density at radius 1 is 0.882 bits per heavy atom. The average molecular weight is 456 g/mol. The van der Waals surface area contributed by atoms with Gasteiger partial charge < -0.3 is 15.5 Å². The van der Waals surface area contributed by atoms with Crippen molar-refractivity contribution >= 4 is 34.8 Å². The molecule has 0 saturated carbocycles. The quantitative estimate of drug-likeness (QED) is 0.558. The number of amides is 3. The van der Waals surface area contributed by atoms with Crippen LogP contribution in [0.5, 0.6) is 0 Å². The number of hydrogen-bond donors (Lipinski definition) is 2. The fraction of sp³-hybridized carbons (Fsp3) is 0.250. The second kappa shape index (κ2) is 9.51. The van der Waals surface area contributed by atoms with Gasteiger partial charge in [0.25, 0.3) is 5.91 Å². The number of aryl methyl sites for hydroxylation is 3. The van der Waals surface area contributed by atoms with E-state index in [2.05, 4.69) is 10.6 Å². The molecule has 1 atom stereocenters. The molecule has 1 heterocycles. The van der Waals surface area contributed by atoms with Crippen LogP contribution in [0.3, 0.4) is 0 Å². The maximum Gasteiger partial charge on any atom is 0.255 e. The Kier molecular flexibility index (Phi) is 6.50. The van der Waals surface area contributed by atoms with Gasteiger partial charge in [0.2, 0.25) is 11.8 Å². The number of carbonyl (C=O) groups excluding carboxylic acids is 3. The first-order valence-corrected chi connectivity index (χ1v) is 11.4. The van der Waals surface area contributed by atoms with E-state index in [-0.39, 0.29) is 24.1 Å². The van der Waals surface area contributed by atoms with Crippen LogP contribution in [0.2, 0.25) is 0 Å². The Bertz CT molecular complexity index is 1280. The summed E-state index contributed by atoms with van der Waals surface area (Å²) >= 11 is 0. The third kappa shape index (κ3) is 4.86. The van der Waals surface area contributed by atoms with Gasteiger partial charge in [0, 0.05) is 35.6 Å². The Hall–Kier alpha value is -3.93.